The molecule has 2 heterocycles. The topological polar surface area (TPSA) is 27.3 Å². The van der Waals surface area contributed by atoms with Gasteiger partial charge in [-0.15, -0.1) is 0 Å². The Morgan fingerprint density at radius 2 is 1.88 bits per heavy atom. The molecule has 0 aromatic carbocycles. The molecule has 3 nitrogen and oxygen atoms in total. The van der Waals surface area contributed by atoms with Gasteiger partial charge in [0.05, 0.1) is 0 Å². The lowest BCUT2D eigenvalue weighted by Gasteiger charge is -2.32. The van der Waals surface area contributed by atoms with Crippen LogP contribution < -0.4 is 10.6 Å². The summed E-state index contributed by atoms with van der Waals surface area (Å²) >= 11 is 0. The molecule has 0 aromatic heterocycles. The van der Waals surface area contributed by atoms with E-state index in [1.807, 2.05) is 0 Å². The van der Waals surface area contributed by atoms with Gasteiger partial charge in [-0.2, -0.15) is 13.2 Å². The fraction of sp³-hybridized carbons (Fsp3) is 1.00. The first kappa shape index (κ1) is 13.1. The Balaban J connectivity index is 1.98. The monoisotopic (exact) mass is 251 g/mol. The standard InChI is InChI=1S/C11H20F3N3/c12-11(13,14)10-7-15-3-1-5-17(10)8-9-2-4-16-6-9/h9-10,15-16H,1-8H2. The Morgan fingerprint density at radius 3 is 2.53 bits per heavy atom. The molecule has 0 radical (unpaired) electrons. The van der Waals surface area contributed by atoms with Crippen molar-refractivity contribution in [2.75, 3.05) is 39.3 Å². The highest BCUT2D eigenvalue weighted by atomic mass is 19.4. The van der Waals surface area contributed by atoms with Gasteiger partial charge in [-0.25, -0.2) is 0 Å². The van der Waals surface area contributed by atoms with E-state index in [-0.39, 0.29) is 6.54 Å². The number of alkyl halides is 3. The summed E-state index contributed by atoms with van der Waals surface area (Å²) in [4.78, 5) is 1.62. The maximum Gasteiger partial charge on any atom is 0.405 e. The van der Waals surface area contributed by atoms with Gasteiger partial charge < -0.3 is 10.6 Å². The van der Waals surface area contributed by atoms with Crippen molar-refractivity contribution in [1.29, 1.82) is 0 Å². The molecule has 2 N–H and O–H groups in total. The van der Waals surface area contributed by atoms with Gasteiger partial charge >= 0.3 is 6.18 Å². The van der Waals surface area contributed by atoms with Crippen molar-refractivity contribution >= 4 is 0 Å². The van der Waals surface area contributed by atoms with Crippen LogP contribution in [-0.4, -0.2) is 56.4 Å². The molecule has 2 fully saturated rings. The molecule has 6 heteroatoms. The molecule has 100 valence electrons. The molecule has 2 saturated heterocycles. The SMILES string of the molecule is FC(F)(F)C1CNCCCN1CC1CCNC1. The number of nitrogens with one attached hydrogen (secondary N) is 2. The van der Waals surface area contributed by atoms with Gasteiger partial charge in [0, 0.05) is 19.6 Å². The van der Waals surface area contributed by atoms with Gasteiger partial charge in [-0.3, -0.25) is 4.90 Å². The maximum absolute atomic E-state index is 12.9. The molecule has 0 spiro atoms. The van der Waals surface area contributed by atoms with Crippen LogP contribution in [0.15, 0.2) is 0 Å². The van der Waals surface area contributed by atoms with Crippen molar-refractivity contribution in [3.8, 4) is 0 Å². The molecule has 2 rings (SSSR count). The van der Waals surface area contributed by atoms with Crippen molar-refractivity contribution in [2.45, 2.75) is 25.1 Å². The average molecular weight is 251 g/mol. The van der Waals surface area contributed by atoms with Crippen LogP contribution in [-0.2, 0) is 0 Å². The Kier molecular flexibility index (Phi) is 4.27. The number of hydrogen-bond donors (Lipinski definition) is 2. The molecule has 17 heavy (non-hydrogen) atoms. The minimum absolute atomic E-state index is 0.0314. The number of hydrogen-bond acceptors (Lipinski definition) is 3. The van der Waals surface area contributed by atoms with Gasteiger partial charge in [0.25, 0.3) is 0 Å². The third kappa shape index (κ3) is 3.56. The molecule has 0 saturated carbocycles. The molecule has 0 aliphatic carbocycles. The second-order valence-corrected chi connectivity index (χ2v) is 4.97. The van der Waals surface area contributed by atoms with Crippen LogP contribution in [0.3, 0.4) is 0 Å². The van der Waals surface area contributed by atoms with Crippen LogP contribution in [0.5, 0.6) is 0 Å². The van der Waals surface area contributed by atoms with E-state index in [1.54, 1.807) is 4.90 Å². The van der Waals surface area contributed by atoms with E-state index in [1.165, 1.54) is 0 Å². The zero-order valence-corrected chi connectivity index (χ0v) is 9.89. The second kappa shape index (κ2) is 5.54. The number of halogens is 3. The Bertz CT molecular complexity index is 239. The number of nitrogens with zero attached hydrogens (tertiary/aromatic N) is 1. The average Bonchev–Trinajstić information content (AvgIpc) is 2.61. The molecule has 0 amide bonds. The van der Waals surface area contributed by atoms with Crippen LogP contribution in [0, 0.1) is 5.92 Å². The van der Waals surface area contributed by atoms with Crippen molar-refractivity contribution < 1.29 is 13.2 Å². The van der Waals surface area contributed by atoms with Crippen molar-refractivity contribution in [3.05, 3.63) is 0 Å². The molecular weight excluding hydrogens is 231 g/mol. The molecule has 2 unspecified atom stereocenters. The largest absolute Gasteiger partial charge is 0.405 e. The number of rotatable bonds is 2. The van der Waals surface area contributed by atoms with Crippen LogP contribution >= 0.6 is 0 Å². The van der Waals surface area contributed by atoms with Crippen LogP contribution in [0.25, 0.3) is 0 Å². The third-order valence-electron chi connectivity index (χ3n) is 3.61. The van der Waals surface area contributed by atoms with Crippen LogP contribution in [0.4, 0.5) is 13.2 Å². The first-order valence-electron chi connectivity index (χ1n) is 6.29. The zero-order chi connectivity index (χ0) is 12.3. The highest BCUT2D eigenvalue weighted by molar-refractivity contribution is 4.86. The Labute approximate surface area is 99.7 Å². The minimum Gasteiger partial charge on any atom is -0.316 e. The summed E-state index contributed by atoms with van der Waals surface area (Å²) in [7, 11) is 0. The molecule has 0 bridgehead atoms. The Morgan fingerprint density at radius 1 is 1.12 bits per heavy atom. The molecule has 0 aromatic rings. The molecular formula is C11H20F3N3. The predicted molar refractivity (Wildman–Crippen MR) is 59.9 cm³/mol. The summed E-state index contributed by atoms with van der Waals surface area (Å²) in [6.07, 6.45) is -2.33. The summed E-state index contributed by atoms with van der Waals surface area (Å²) in [6.45, 7) is 3.63. The van der Waals surface area contributed by atoms with E-state index in [0.29, 0.717) is 25.6 Å². The summed E-state index contributed by atoms with van der Waals surface area (Å²) in [6, 6.07) is -1.31. The van der Waals surface area contributed by atoms with Gasteiger partial charge in [-0.05, 0) is 38.4 Å². The van der Waals surface area contributed by atoms with Crippen molar-refractivity contribution in [2.24, 2.45) is 5.92 Å². The lowest BCUT2D eigenvalue weighted by molar-refractivity contribution is -0.182. The minimum atomic E-state index is -4.12. The van der Waals surface area contributed by atoms with E-state index in [2.05, 4.69) is 10.6 Å². The van der Waals surface area contributed by atoms with E-state index >= 15 is 0 Å². The lowest BCUT2D eigenvalue weighted by atomic mass is 10.1. The van der Waals surface area contributed by atoms with E-state index in [0.717, 1.165) is 25.9 Å². The first-order chi connectivity index (χ1) is 8.07. The first-order valence-corrected chi connectivity index (χ1v) is 6.29. The van der Waals surface area contributed by atoms with Gasteiger partial charge in [0.15, 0.2) is 0 Å². The van der Waals surface area contributed by atoms with Crippen LogP contribution in [0.2, 0.25) is 0 Å². The molecule has 2 aliphatic rings. The summed E-state index contributed by atoms with van der Waals surface area (Å²) in [5, 5.41) is 6.09. The van der Waals surface area contributed by atoms with Gasteiger partial charge in [0.2, 0.25) is 0 Å². The van der Waals surface area contributed by atoms with Gasteiger partial charge in [-0.1, -0.05) is 0 Å². The smallest absolute Gasteiger partial charge is 0.316 e. The fourth-order valence-electron chi connectivity index (χ4n) is 2.67. The second-order valence-electron chi connectivity index (χ2n) is 4.97. The summed E-state index contributed by atoms with van der Waals surface area (Å²) < 4.78 is 38.8. The lowest BCUT2D eigenvalue weighted by Crippen LogP contribution is -2.51. The van der Waals surface area contributed by atoms with Crippen molar-refractivity contribution in [3.63, 3.8) is 0 Å². The van der Waals surface area contributed by atoms with E-state index in [4.69, 9.17) is 0 Å². The quantitative estimate of drug-likeness (QED) is 0.761. The maximum atomic E-state index is 12.9. The van der Waals surface area contributed by atoms with Crippen molar-refractivity contribution in [1.82, 2.24) is 15.5 Å². The molecule has 2 atom stereocenters. The highest BCUT2D eigenvalue weighted by Gasteiger charge is 2.44. The normalized spacial score (nSPS) is 32.6. The summed E-state index contributed by atoms with van der Waals surface area (Å²) in [5.74, 6) is 0.373. The Hall–Kier alpha value is -0.330. The zero-order valence-electron chi connectivity index (χ0n) is 9.89. The predicted octanol–water partition coefficient (Wildman–Crippen LogP) is 0.822. The van der Waals surface area contributed by atoms with E-state index < -0.39 is 12.2 Å². The fourth-order valence-corrected chi connectivity index (χ4v) is 2.67. The molecule has 2 aliphatic heterocycles. The van der Waals surface area contributed by atoms with Crippen LogP contribution in [0.1, 0.15) is 12.8 Å². The van der Waals surface area contributed by atoms with E-state index in [9.17, 15) is 13.2 Å². The highest BCUT2D eigenvalue weighted by Crippen LogP contribution is 2.27. The van der Waals surface area contributed by atoms with Gasteiger partial charge in [0.1, 0.15) is 6.04 Å². The summed E-state index contributed by atoms with van der Waals surface area (Å²) in [5.41, 5.74) is 0. The third-order valence-corrected chi connectivity index (χ3v) is 3.61.